The molecule has 1 fully saturated rings. The lowest BCUT2D eigenvalue weighted by Crippen LogP contribution is -2.43. The van der Waals surface area contributed by atoms with Gasteiger partial charge in [0.05, 0.1) is 0 Å². The Morgan fingerprint density at radius 2 is 1.63 bits per heavy atom. The predicted molar refractivity (Wildman–Crippen MR) is 89.0 cm³/mol. The van der Waals surface area contributed by atoms with Crippen LogP contribution in [0.5, 0.6) is 11.5 Å². The molecule has 0 aromatic heterocycles. The highest BCUT2D eigenvalue weighted by atomic mass is 19.4. The lowest BCUT2D eigenvalue weighted by molar-refractivity contribution is -0.360. The Morgan fingerprint density at radius 1 is 0.926 bits per heavy atom. The fraction of sp³-hybridized carbons (Fsp3) is 0.368. The molecule has 1 heterocycles. The van der Waals surface area contributed by atoms with Crippen molar-refractivity contribution in [1.82, 2.24) is 0 Å². The minimum absolute atomic E-state index is 0.277. The molecule has 3 nitrogen and oxygen atoms in total. The number of hydrogen-bond donors (Lipinski definition) is 0. The molecule has 0 spiro atoms. The van der Waals surface area contributed by atoms with Gasteiger partial charge in [0.2, 0.25) is 0 Å². The summed E-state index contributed by atoms with van der Waals surface area (Å²) in [6.07, 6.45) is -8.58. The van der Waals surface area contributed by atoms with E-state index in [0.29, 0.717) is 5.75 Å². The highest BCUT2D eigenvalue weighted by molar-refractivity contribution is 5.46. The van der Waals surface area contributed by atoms with E-state index in [1.54, 1.807) is 6.07 Å². The van der Waals surface area contributed by atoms with Crippen molar-refractivity contribution in [2.75, 3.05) is 11.4 Å². The van der Waals surface area contributed by atoms with Crippen molar-refractivity contribution in [2.45, 2.75) is 37.8 Å². The number of benzene rings is 2. The summed E-state index contributed by atoms with van der Waals surface area (Å²) < 4.78 is 72.2. The fourth-order valence-electron chi connectivity index (χ4n) is 2.81. The van der Waals surface area contributed by atoms with Crippen molar-refractivity contribution in [3.8, 4) is 11.5 Å². The molecule has 2 aromatic rings. The van der Waals surface area contributed by atoms with Crippen LogP contribution in [0.25, 0.3) is 0 Å². The monoisotopic (exact) mass is 386 g/mol. The molecule has 3 rings (SSSR count). The SMILES string of the molecule is FC(F)(F)C(F)(F)Oc1ccc(OC2CCCCN2c2[c]cccc2)cc1. The third kappa shape index (κ3) is 4.61. The van der Waals surface area contributed by atoms with E-state index in [2.05, 4.69) is 10.8 Å². The zero-order chi connectivity index (χ0) is 19.5. The summed E-state index contributed by atoms with van der Waals surface area (Å²) in [7, 11) is 0. The van der Waals surface area contributed by atoms with Gasteiger partial charge in [-0.15, -0.1) is 0 Å². The van der Waals surface area contributed by atoms with E-state index in [4.69, 9.17) is 4.74 Å². The number of hydrogen-bond acceptors (Lipinski definition) is 3. The Morgan fingerprint density at radius 3 is 2.26 bits per heavy atom. The van der Waals surface area contributed by atoms with Gasteiger partial charge in [-0.2, -0.15) is 22.0 Å². The van der Waals surface area contributed by atoms with Gasteiger partial charge in [-0.3, -0.25) is 0 Å². The zero-order valence-electron chi connectivity index (χ0n) is 14.2. The molecule has 1 unspecified atom stereocenters. The molecule has 0 bridgehead atoms. The van der Waals surface area contributed by atoms with Crippen LogP contribution in [0.15, 0.2) is 48.5 Å². The molecule has 1 saturated heterocycles. The molecular formula is C19H17F5NO2. The van der Waals surface area contributed by atoms with Gasteiger partial charge < -0.3 is 14.4 Å². The number of para-hydroxylation sites is 1. The van der Waals surface area contributed by atoms with Crippen LogP contribution in [-0.4, -0.2) is 25.1 Å². The number of piperidine rings is 1. The highest BCUT2D eigenvalue weighted by Crippen LogP contribution is 2.37. The molecule has 0 N–H and O–H groups in total. The van der Waals surface area contributed by atoms with E-state index in [-0.39, 0.29) is 6.23 Å². The first-order chi connectivity index (χ1) is 12.8. The average Bonchev–Trinajstić information content (AvgIpc) is 2.63. The van der Waals surface area contributed by atoms with Crippen LogP contribution in [0.2, 0.25) is 0 Å². The van der Waals surface area contributed by atoms with E-state index in [1.807, 2.05) is 23.1 Å². The van der Waals surface area contributed by atoms with Gasteiger partial charge in [-0.1, -0.05) is 18.2 Å². The van der Waals surface area contributed by atoms with Gasteiger partial charge in [0, 0.05) is 24.7 Å². The molecule has 1 aliphatic heterocycles. The van der Waals surface area contributed by atoms with Crippen LogP contribution in [0.3, 0.4) is 0 Å². The number of ether oxygens (including phenoxy) is 2. The minimum atomic E-state index is -5.78. The molecule has 145 valence electrons. The first kappa shape index (κ1) is 19.3. The first-order valence-corrected chi connectivity index (χ1v) is 8.40. The van der Waals surface area contributed by atoms with E-state index in [9.17, 15) is 22.0 Å². The topological polar surface area (TPSA) is 21.7 Å². The quantitative estimate of drug-likeness (QED) is 0.641. The number of halogens is 5. The fourth-order valence-corrected chi connectivity index (χ4v) is 2.81. The third-order valence-corrected chi connectivity index (χ3v) is 4.12. The normalized spacial score (nSPS) is 18.3. The van der Waals surface area contributed by atoms with Crippen LogP contribution in [0.4, 0.5) is 27.6 Å². The van der Waals surface area contributed by atoms with Crippen LogP contribution < -0.4 is 14.4 Å². The number of rotatable bonds is 5. The summed E-state index contributed by atoms with van der Waals surface area (Å²) in [6, 6.07) is 15.3. The maximum Gasteiger partial charge on any atom is 0.499 e. The van der Waals surface area contributed by atoms with Crippen LogP contribution in [-0.2, 0) is 0 Å². The summed E-state index contributed by atoms with van der Waals surface area (Å²) in [5.41, 5.74) is 0.881. The van der Waals surface area contributed by atoms with Gasteiger partial charge in [0.1, 0.15) is 11.5 Å². The van der Waals surface area contributed by atoms with Crippen molar-refractivity contribution in [2.24, 2.45) is 0 Å². The van der Waals surface area contributed by atoms with Crippen molar-refractivity contribution in [1.29, 1.82) is 0 Å². The Bertz CT molecular complexity index is 734. The molecular weight excluding hydrogens is 369 g/mol. The van der Waals surface area contributed by atoms with E-state index in [1.165, 1.54) is 12.1 Å². The standard InChI is InChI=1S/C19H17F5NO2/c20-18(21,22)19(23,24)27-16-11-9-15(10-12-16)26-17-8-4-5-13-25(17)14-6-2-1-3-7-14/h1-3,6,9-12,17H,4-5,8,13H2. The summed E-state index contributed by atoms with van der Waals surface area (Å²) in [5.74, 6) is -0.243. The summed E-state index contributed by atoms with van der Waals surface area (Å²) >= 11 is 0. The molecule has 1 radical (unpaired) electrons. The predicted octanol–water partition coefficient (Wildman–Crippen LogP) is 5.42. The maximum atomic E-state index is 12.9. The molecule has 2 aromatic carbocycles. The van der Waals surface area contributed by atoms with Crippen LogP contribution >= 0.6 is 0 Å². The second-order valence-corrected chi connectivity index (χ2v) is 6.10. The molecule has 8 heteroatoms. The molecule has 27 heavy (non-hydrogen) atoms. The minimum Gasteiger partial charge on any atom is -0.471 e. The zero-order valence-corrected chi connectivity index (χ0v) is 14.2. The Kier molecular flexibility index (Phi) is 5.43. The number of anilines is 1. The molecule has 1 atom stereocenters. The van der Waals surface area contributed by atoms with Gasteiger partial charge >= 0.3 is 12.3 Å². The molecule has 0 aliphatic carbocycles. The van der Waals surface area contributed by atoms with Gasteiger partial charge in [0.25, 0.3) is 0 Å². The number of alkyl halides is 5. The molecule has 1 aliphatic rings. The van der Waals surface area contributed by atoms with Crippen LogP contribution in [0.1, 0.15) is 19.3 Å². The third-order valence-electron chi connectivity index (χ3n) is 4.12. The second kappa shape index (κ2) is 7.62. The van der Waals surface area contributed by atoms with Gasteiger partial charge in [-0.25, -0.2) is 0 Å². The summed E-state index contributed by atoms with van der Waals surface area (Å²) in [5, 5.41) is 0. The van der Waals surface area contributed by atoms with Gasteiger partial charge in [-0.05, 0) is 43.2 Å². The maximum absolute atomic E-state index is 12.9. The lowest BCUT2D eigenvalue weighted by atomic mass is 10.1. The largest absolute Gasteiger partial charge is 0.499 e. The van der Waals surface area contributed by atoms with Crippen molar-refractivity contribution in [3.05, 3.63) is 54.6 Å². The average molecular weight is 386 g/mol. The summed E-state index contributed by atoms with van der Waals surface area (Å²) in [4.78, 5) is 2.05. The highest BCUT2D eigenvalue weighted by Gasteiger charge is 2.61. The second-order valence-electron chi connectivity index (χ2n) is 6.10. The van der Waals surface area contributed by atoms with Crippen molar-refractivity contribution >= 4 is 5.69 Å². The smallest absolute Gasteiger partial charge is 0.471 e. The van der Waals surface area contributed by atoms with E-state index < -0.39 is 18.0 Å². The summed E-state index contributed by atoms with van der Waals surface area (Å²) in [6.45, 7) is 0.782. The number of nitrogens with zero attached hydrogens (tertiary/aromatic N) is 1. The van der Waals surface area contributed by atoms with Gasteiger partial charge in [0.15, 0.2) is 6.23 Å². The molecule has 0 amide bonds. The molecule has 0 saturated carbocycles. The first-order valence-electron chi connectivity index (χ1n) is 8.40. The Balaban J connectivity index is 1.68. The van der Waals surface area contributed by atoms with Crippen LogP contribution in [0, 0.1) is 6.07 Å². The lowest BCUT2D eigenvalue weighted by Gasteiger charge is -2.37. The Labute approximate surface area is 153 Å². The van der Waals surface area contributed by atoms with E-state index >= 15 is 0 Å². The Hall–Kier alpha value is -2.51. The van der Waals surface area contributed by atoms with Crippen molar-refractivity contribution in [3.63, 3.8) is 0 Å². The van der Waals surface area contributed by atoms with E-state index in [0.717, 1.165) is 43.6 Å². The van der Waals surface area contributed by atoms with Crippen molar-refractivity contribution < 1.29 is 31.4 Å².